The summed E-state index contributed by atoms with van der Waals surface area (Å²) in [5.41, 5.74) is 1.74. The van der Waals surface area contributed by atoms with Gasteiger partial charge in [-0.1, -0.05) is 20.8 Å². The molecule has 0 unspecified atom stereocenters. The summed E-state index contributed by atoms with van der Waals surface area (Å²) in [6.07, 6.45) is 1.67. The van der Waals surface area contributed by atoms with Gasteiger partial charge in [0.2, 0.25) is 8.32 Å². The second-order valence-corrected chi connectivity index (χ2v) is 13.2. The van der Waals surface area contributed by atoms with Gasteiger partial charge < -0.3 is 4.43 Å². The van der Waals surface area contributed by atoms with E-state index in [1.54, 1.807) is 12.0 Å². The zero-order valence-electron chi connectivity index (χ0n) is 8.82. The molecule has 0 heterocycles. The Morgan fingerprint density at radius 1 is 1.23 bits per heavy atom. The SMILES string of the molecule is CC(C)(C)[Si](C)(C)OC=C[Si](Cl)Cl. The van der Waals surface area contributed by atoms with Crippen LogP contribution in [0.25, 0.3) is 0 Å². The fourth-order valence-corrected chi connectivity index (χ4v) is 1.81. The van der Waals surface area contributed by atoms with Gasteiger partial charge in [-0.2, -0.15) is 0 Å². The van der Waals surface area contributed by atoms with Gasteiger partial charge in [-0.05, 0) is 23.8 Å². The highest BCUT2D eigenvalue weighted by Gasteiger charge is 2.37. The Hall–Kier alpha value is 0.554. The van der Waals surface area contributed by atoms with E-state index in [-0.39, 0.29) is 5.04 Å². The van der Waals surface area contributed by atoms with Crippen LogP contribution in [-0.4, -0.2) is 15.7 Å². The van der Waals surface area contributed by atoms with Crippen LogP contribution in [0.4, 0.5) is 0 Å². The highest BCUT2D eigenvalue weighted by Crippen LogP contribution is 2.36. The summed E-state index contributed by atoms with van der Waals surface area (Å²) in [6.45, 7) is 11.0. The number of halogens is 2. The average molecular weight is 256 g/mol. The lowest BCUT2D eigenvalue weighted by Crippen LogP contribution is -2.39. The molecule has 0 aliphatic rings. The van der Waals surface area contributed by atoms with Crippen LogP contribution < -0.4 is 0 Å². The summed E-state index contributed by atoms with van der Waals surface area (Å²) in [5.74, 6) is 0. The summed E-state index contributed by atoms with van der Waals surface area (Å²) >= 11 is 11.3. The van der Waals surface area contributed by atoms with Crippen molar-refractivity contribution in [1.29, 1.82) is 0 Å². The van der Waals surface area contributed by atoms with Gasteiger partial charge in [-0.25, -0.2) is 0 Å². The zero-order valence-corrected chi connectivity index (χ0v) is 12.3. The van der Waals surface area contributed by atoms with E-state index < -0.39 is 15.7 Å². The molecule has 0 spiro atoms. The molecule has 77 valence electrons. The van der Waals surface area contributed by atoms with Gasteiger partial charge in [0.1, 0.15) is 0 Å². The Bertz CT molecular complexity index is 185. The Morgan fingerprint density at radius 2 is 1.69 bits per heavy atom. The normalized spacial score (nSPS) is 14.2. The molecule has 0 atom stereocenters. The molecule has 13 heavy (non-hydrogen) atoms. The van der Waals surface area contributed by atoms with Crippen molar-refractivity contribution in [3.63, 3.8) is 0 Å². The van der Waals surface area contributed by atoms with E-state index in [9.17, 15) is 0 Å². The molecule has 0 aliphatic carbocycles. The van der Waals surface area contributed by atoms with E-state index in [0.717, 1.165) is 0 Å². The summed E-state index contributed by atoms with van der Waals surface area (Å²) < 4.78 is 5.72. The van der Waals surface area contributed by atoms with Gasteiger partial charge in [0.05, 0.1) is 6.26 Å². The lowest BCUT2D eigenvalue weighted by atomic mass is 10.2. The second-order valence-electron chi connectivity index (χ2n) is 4.47. The van der Waals surface area contributed by atoms with Gasteiger partial charge in [0.25, 0.3) is 0 Å². The first-order chi connectivity index (χ1) is 5.67. The topological polar surface area (TPSA) is 9.23 Å². The molecular weight excluding hydrogens is 239 g/mol. The monoisotopic (exact) mass is 255 g/mol. The van der Waals surface area contributed by atoms with Crippen LogP contribution in [0.5, 0.6) is 0 Å². The molecule has 5 heteroatoms. The van der Waals surface area contributed by atoms with Crippen molar-refractivity contribution in [2.45, 2.75) is 38.9 Å². The molecule has 1 nitrogen and oxygen atoms in total. The largest absolute Gasteiger partial charge is 0.550 e. The third kappa shape index (κ3) is 5.10. The Kier molecular flexibility index (Phi) is 5.08. The molecule has 0 saturated carbocycles. The molecule has 0 aromatic carbocycles. The minimum absolute atomic E-state index is 0.225. The van der Waals surface area contributed by atoms with Gasteiger partial charge in [0.15, 0.2) is 0 Å². The predicted molar refractivity (Wildman–Crippen MR) is 64.9 cm³/mol. The van der Waals surface area contributed by atoms with E-state index in [1.165, 1.54) is 0 Å². The van der Waals surface area contributed by atoms with Crippen LogP contribution in [-0.2, 0) is 4.43 Å². The molecule has 1 radical (unpaired) electrons. The molecule has 0 aromatic rings. The molecular formula is C8H17Cl2OSi2. The Balaban J connectivity index is 4.20. The van der Waals surface area contributed by atoms with Crippen molar-refractivity contribution >= 4 is 37.9 Å². The summed E-state index contributed by atoms with van der Waals surface area (Å²) in [4.78, 5) is 0. The minimum Gasteiger partial charge on any atom is -0.550 e. The lowest BCUT2D eigenvalue weighted by Gasteiger charge is -2.34. The smallest absolute Gasteiger partial charge is 0.302 e. The van der Waals surface area contributed by atoms with Crippen LogP contribution >= 0.6 is 22.2 Å². The first kappa shape index (κ1) is 13.6. The molecule has 0 rings (SSSR count). The first-order valence-corrected chi connectivity index (χ1v) is 10.7. The van der Waals surface area contributed by atoms with Crippen LogP contribution in [0, 0.1) is 0 Å². The molecule has 0 aliphatic heterocycles. The molecule has 0 amide bonds. The first-order valence-electron chi connectivity index (χ1n) is 4.19. The van der Waals surface area contributed by atoms with Crippen molar-refractivity contribution in [2.24, 2.45) is 0 Å². The Labute approximate surface area is 93.2 Å². The van der Waals surface area contributed by atoms with Gasteiger partial charge in [0, 0.05) is 0 Å². The van der Waals surface area contributed by atoms with Crippen molar-refractivity contribution < 1.29 is 4.43 Å². The third-order valence-corrected chi connectivity index (χ3v) is 7.84. The van der Waals surface area contributed by atoms with Crippen LogP contribution in [0.1, 0.15) is 20.8 Å². The van der Waals surface area contributed by atoms with Crippen molar-refractivity contribution in [3.05, 3.63) is 12.0 Å². The Morgan fingerprint density at radius 3 is 2.00 bits per heavy atom. The average Bonchev–Trinajstić information content (AvgIpc) is 1.82. The van der Waals surface area contributed by atoms with E-state index >= 15 is 0 Å². The van der Waals surface area contributed by atoms with Gasteiger partial charge in [-0.15, -0.1) is 22.2 Å². The maximum Gasteiger partial charge on any atom is 0.302 e. The van der Waals surface area contributed by atoms with Gasteiger partial charge in [-0.3, -0.25) is 0 Å². The fraction of sp³-hybridized carbons (Fsp3) is 0.750. The van der Waals surface area contributed by atoms with Crippen molar-refractivity contribution in [3.8, 4) is 0 Å². The number of hydrogen-bond donors (Lipinski definition) is 0. The van der Waals surface area contributed by atoms with Gasteiger partial charge >= 0.3 is 7.42 Å². The van der Waals surface area contributed by atoms with E-state index in [0.29, 0.717) is 0 Å². The third-order valence-electron chi connectivity index (χ3n) is 2.36. The van der Waals surface area contributed by atoms with Crippen molar-refractivity contribution in [1.82, 2.24) is 0 Å². The second kappa shape index (κ2) is 4.87. The van der Waals surface area contributed by atoms with Crippen LogP contribution in [0.2, 0.25) is 18.1 Å². The number of hydrogen-bond acceptors (Lipinski definition) is 1. The molecule has 0 saturated heterocycles. The quantitative estimate of drug-likeness (QED) is 0.421. The summed E-state index contributed by atoms with van der Waals surface area (Å²) in [6, 6.07) is 0. The van der Waals surface area contributed by atoms with E-state index in [2.05, 4.69) is 33.9 Å². The molecule has 0 aromatic heterocycles. The summed E-state index contributed by atoms with van der Waals surface area (Å²) in [5, 5.41) is 0.225. The van der Waals surface area contributed by atoms with Crippen LogP contribution in [0.3, 0.4) is 0 Å². The zero-order chi connectivity index (χ0) is 10.7. The summed E-state index contributed by atoms with van der Waals surface area (Å²) in [7, 11) is -3.00. The van der Waals surface area contributed by atoms with E-state index in [1.807, 2.05) is 0 Å². The maximum atomic E-state index is 5.72. The van der Waals surface area contributed by atoms with Crippen LogP contribution in [0.15, 0.2) is 12.0 Å². The molecule has 0 bridgehead atoms. The predicted octanol–water partition coefficient (Wildman–Crippen LogP) is 4.03. The maximum absolute atomic E-state index is 5.72. The highest BCUT2D eigenvalue weighted by molar-refractivity contribution is 7.36. The highest BCUT2D eigenvalue weighted by atomic mass is 35.7. The lowest BCUT2D eigenvalue weighted by molar-refractivity contribution is 0.431. The van der Waals surface area contributed by atoms with E-state index in [4.69, 9.17) is 26.6 Å². The van der Waals surface area contributed by atoms with Crippen molar-refractivity contribution in [2.75, 3.05) is 0 Å². The minimum atomic E-state index is -1.66. The molecule has 0 N–H and O–H groups in total. The molecule has 0 fully saturated rings. The fourth-order valence-electron chi connectivity index (χ4n) is 0.432. The standard InChI is InChI=1S/C8H17Cl2OSi2/c1-8(2,3)13(4,5)11-6-7-12(9)10/h6-7H,1-5H3. The number of rotatable bonds is 3.